The third-order valence-corrected chi connectivity index (χ3v) is 5.21. The van der Waals surface area contributed by atoms with Gasteiger partial charge < -0.3 is 10.3 Å². The van der Waals surface area contributed by atoms with Gasteiger partial charge in [0.25, 0.3) is 0 Å². The number of nitrogens with one attached hydrogen (secondary N) is 1. The Bertz CT molecular complexity index is 421. The van der Waals surface area contributed by atoms with Gasteiger partial charge in [0.2, 0.25) is 0 Å². The molecule has 1 aliphatic heterocycles. The van der Waals surface area contributed by atoms with Gasteiger partial charge in [0.05, 0.1) is 0 Å². The molecule has 1 N–H and O–H groups in total. The lowest BCUT2D eigenvalue weighted by Crippen LogP contribution is -3.03. The van der Waals surface area contributed by atoms with Crippen molar-refractivity contribution in [3.8, 4) is 0 Å². The second-order valence-corrected chi connectivity index (χ2v) is 7.63. The second-order valence-electron chi connectivity index (χ2n) is 3.08. The predicted molar refractivity (Wildman–Crippen MR) is 77.6 cm³/mol. The highest BCUT2D eigenvalue weighted by molar-refractivity contribution is 14.2. The number of hydrogen-bond donors (Lipinski definition) is 1. The summed E-state index contributed by atoms with van der Waals surface area (Å²) in [5, 5.41) is 12.1. The average molecular weight is 317 g/mol. The fraction of sp³-hybridized carbons (Fsp3) is 0.167. The van der Waals surface area contributed by atoms with Crippen molar-refractivity contribution in [2.45, 2.75) is 6.92 Å². The van der Waals surface area contributed by atoms with Crippen LogP contribution in [0.25, 0.3) is 0 Å². The summed E-state index contributed by atoms with van der Waals surface area (Å²) in [6, 6.07) is 0. The van der Waals surface area contributed by atoms with E-state index in [0.717, 1.165) is 5.70 Å². The second kappa shape index (κ2) is 6.05. The molecule has 0 aliphatic carbocycles. The van der Waals surface area contributed by atoms with E-state index in [-0.39, 0.29) is 5.06 Å². The van der Waals surface area contributed by atoms with Crippen molar-refractivity contribution < 1.29 is 5.06 Å². The molecule has 2 nitrogen and oxygen atoms in total. The summed E-state index contributed by atoms with van der Waals surface area (Å²) in [7, 11) is 0. The number of rotatable bonds is 3. The number of alkyl halides is 1. The molecule has 0 aromatic rings. The molecule has 0 saturated heterocycles. The zero-order valence-corrected chi connectivity index (χ0v) is 11.2. The number of halogens is 1. The Labute approximate surface area is 97.2 Å². The van der Waals surface area contributed by atoms with Crippen molar-refractivity contribution in [1.29, 1.82) is 0 Å². The SMILES string of the molecule is C=C/C(=C\C)[NH+]([O-])C1=CC=CC=I(C)=C1. The maximum absolute atomic E-state index is 12.0. The van der Waals surface area contributed by atoms with Gasteiger partial charge in [-0.05, 0) is 28.0 Å². The van der Waals surface area contributed by atoms with Crippen LogP contribution in [0.1, 0.15) is 6.92 Å². The Balaban J connectivity index is 3.04. The van der Waals surface area contributed by atoms with Gasteiger partial charge in [-0.1, -0.05) is 18.7 Å². The number of allylic oxidation sites excluding steroid dienone is 6. The first-order valence-corrected chi connectivity index (χ1v) is 9.31. The largest absolute Gasteiger partial charge is 0.623 e. The molecule has 0 saturated carbocycles. The van der Waals surface area contributed by atoms with E-state index in [1.54, 1.807) is 12.2 Å². The average Bonchev–Trinajstić information content (AvgIpc) is 2.44. The molecule has 82 valence electrons. The standard InChI is InChI=1S/C12H16INO/c1-4-11(5-2)14(15)12-8-6-7-9-13(3)10-12/h4-10,14H,1H2,2-3H3/b11-5+. The Hall–Kier alpha value is -0.650. The summed E-state index contributed by atoms with van der Waals surface area (Å²) in [6.07, 6.45) is 9.26. The molecule has 1 rings (SSSR count). The van der Waals surface area contributed by atoms with Crippen molar-refractivity contribution in [1.82, 2.24) is 0 Å². The first-order chi connectivity index (χ1) is 7.19. The van der Waals surface area contributed by atoms with Crippen molar-refractivity contribution >= 4 is 26.9 Å². The quantitative estimate of drug-likeness (QED) is 0.364. The molecule has 1 heterocycles. The van der Waals surface area contributed by atoms with Gasteiger partial charge in [-0.3, -0.25) is 0 Å². The van der Waals surface area contributed by atoms with E-state index in [1.165, 1.54) is 0 Å². The molecule has 0 amide bonds. The maximum atomic E-state index is 12.0. The van der Waals surface area contributed by atoms with Gasteiger partial charge >= 0.3 is 0 Å². The molecule has 0 radical (unpaired) electrons. The van der Waals surface area contributed by atoms with Crippen molar-refractivity contribution in [2.24, 2.45) is 0 Å². The van der Waals surface area contributed by atoms with Gasteiger partial charge in [0.15, 0.2) is 0 Å². The minimum Gasteiger partial charge on any atom is -0.623 e. The molecule has 3 heteroatoms. The van der Waals surface area contributed by atoms with E-state index in [9.17, 15) is 5.21 Å². The molecule has 1 aliphatic rings. The molecule has 15 heavy (non-hydrogen) atoms. The highest BCUT2D eigenvalue weighted by Gasteiger charge is 2.06. The fourth-order valence-electron chi connectivity index (χ4n) is 1.21. The van der Waals surface area contributed by atoms with E-state index >= 15 is 0 Å². The van der Waals surface area contributed by atoms with Crippen LogP contribution in [0.2, 0.25) is 0 Å². The molecule has 0 bridgehead atoms. The van der Waals surface area contributed by atoms with Crippen LogP contribution in [0.15, 0.2) is 48.4 Å². The number of quaternary nitrogens is 1. The van der Waals surface area contributed by atoms with Crippen LogP contribution in [0.3, 0.4) is 0 Å². The van der Waals surface area contributed by atoms with Crippen molar-refractivity contribution in [2.75, 3.05) is 4.93 Å². The normalized spacial score (nSPS) is 19.7. The van der Waals surface area contributed by atoms with E-state index in [0.29, 0.717) is 5.70 Å². The summed E-state index contributed by atoms with van der Waals surface area (Å²) in [5.74, 6) is 0. The Morgan fingerprint density at radius 1 is 1.53 bits per heavy atom. The minimum atomic E-state index is -1.17. The molecule has 0 aromatic heterocycles. The molecular weight excluding hydrogens is 301 g/mol. The van der Waals surface area contributed by atoms with Crippen LogP contribution in [0, 0.1) is 5.21 Å². The van der Waals surface area contributed by atoms with Gasteiger partial charge in [-0.2, -0.15) is 0 Å². The van der Waals surface area contributed by atoms with Crippen LogP contribution in [0.5, 0.6) is 0 Å². The van der Waals surface area contributed by atoms with Gasteiger partial charge in [-0.15, -0.1) is 18.9 Å². The zero-order valence-electron chi connectivity index (χ0n) is 9.03. The highest BCUT2D eigenvalue weighted by atomic mass is 127. The number of hydroxylamine groups is 2. The monoisotopic (exact) mass is 317 g/mol. The van der Waals surface area contributed by atoms with Gasteiger partial charge in [0, 0.05) is 10.1 Å². The topological polar surface area (TPSA) is 27.5 Å². The van der Waals surface area contributed by atoms with Gasteiger partial charge in [0.1, 0.15) is 11.4 Å². The lowest BCUT2D eigenvalue weighted by atomic mass is 10.3. The van der Waals surface area contributed by atoms with Crippen molar-refractivity contribution in [3.05, 3.63) is 53.6 Å². The lowest BCUT2D eigenvalue weighted by Gasteiger charge is -2.22. The zero-order chi connectivity index (χ0) is 11.3. The highest BCUT2D eigenvalue weighted by Crippen LogP contribution is 2.05. The third kappa shape index (κ3) is 3.44. The van der Waals surface area contributed by atoms with E-state index in [1.807, 2.05) is 25.2 Å². The molecule has 0 spiro atoms. The predicted octanol–water partition coefficient (Wildman–Crippen LogP) is 1.65. The summed E-state index contributed by atoms with van der Waals surface area (Å²) in [6.45, 7) is 5.50. The lowest BCUT2D eigenvalue weighted by molar-refractivity contribution is -0.751. The third-order valence-electron chi connectivity index (χ3n) is 2.00. The molecule has 0 fully saturated rings. The summed E-state index contributed by atoms with van der Waals surface area (Å²) >= 11 is -1.17. The summed E-state index contributed by atoms with van der Waals surface area (Å²) < 4.78 is 4.34. The number of hydrogen-bond acceptors (Lipinski definition) is 1. The van der Waals surface area contributed by atoms with Crippen LogP contribution >= 0.6 is 18.9 Å². The first kappa shape index (κ1) is 12.4. The Morgan fingerprint density at radius 3 is 2.87 bits per heavy atom. The molecule has 1 atom stereocenters. The van der Waals surface area contributed by atoms with E-state index in [2.05, 4.69) is 19.5 Å². The van der Waals surface area contributed by atoms with Crippen molar-refractivity contribution in [3.63, 3.8) is 0 Å². The maximum Gasteiger partial charge on any atom is 0.141 e. The minimum absolute atomic E-state index is 0.0802. The van der Waals surface area contributed by atoms with E-state index < -0.39 is 18.9 Å². The molecule has 1 unspecified atom stereocenters. The van der Waals surface area contributed by atoms with Gasteiger partial charge in [-0.25, -0.2) is 0 Å². The van der Waals surface area contributed by atoms with Crippen LogP contribution in [-0.4, -0.2) is 13.0 Å². The Morgan fingerprint density at radius 2 is 2.27 bits per heavy atom. The van der Waals surface area contributed by atoms with Crippen LogP contribution < -0.4 is 5.06 Å². The Kier molecular flexibility index (Phi) is 5.01. The first-order valence-electron chi connectivity index (χ1n) is 4.66. The fourth-order valence-corrected chi connectivity index (χ4v) is 3.86. The van der Waals surface area contributed by atoms with Crippen LogP contribution in [0.4, 0.5) is 0 Å². The summed E-state index contributed by atoms with van der Waals surface area (Å²) in [5.41, 5.74) is 1.48. The molecular formula is C12H16INO. The summed E-state index contributed by atoms with van der Waals surface area (Å²) in [4.78, 5) is 2.21. The smallest absolute Gasteiger partial charge is 0.141 e. The molecule has 0 aromatic carbocycles. The van der Waals surface area contributed by atoms with Crippen LogP contribution in [-0.2, 0) is 0 Å². The van der Waals surface area contributed by atoms with E-state index in [4.69, 9.17) is 0 Å².